The Hall–Kier alpha value is -5.92. The molecular formula is C46H32O. The smallest absolute Gasteiger partial charge is 0.143 e. The minimum atomic E-state index is 0.917. The molecular weight excluding hydrogens is 569 g/mol. The monoisotopic (exact) mass is 600 g/mol. The van der Waals surface area contributed by atoms with E-state index in [0.717, 1.165) is 16.7 Å². The Morgan fingerprint density at radius 3 is 1.72 bits per heavy atom. The predicted molar refractivity (Wildman–Crippen MR) is 203 cm³/mol. The molecule has 9 rings (SSSR count). The first-order valence-electron chi connectivity index (χ1n) is 16.3. The van der Waals surface area contributed by atoms with Crippen LogP contribution >= 0.6 is 0 Å². The van der Waals surface area contributed by atoms with Crippen molar-refractivity contribution < 1.29 is 4.42 Å². The standard InChI is InChI=1S/C46H32O/c1-3-4-13-29(2)30-22-24-32(25-23-30)42-36-18-9-11-20-38(36)43(39-21-12-10-19-37(39)42)40-28-33-15-6-8-17-35(33)45-44-34-16-7-5-14-31(34)26-27-41(44)47-46(40)45/h3-28H,1-2H3/b4-3-,29-13+. The average Bonchev–Trinajstić information content (AvgIpc) is 3.53. The van der Waals surface area contributed by atoms with Crippen LogP contribution in [0.3, 0.4) is 0 Å². The summed E-state index contributed by atoms with van der Waals surface area (Å²) in [6.07, 6.45) is 6.32. The first kappa shape index (κ1) is 27.4. The third kappa shape index (κ3) is 4.24. The second-order valence-electron chi connectivity index (χ2n) is 12.4. The first-order chi connectivity index (χ1) is 23.2. The van der Waals surface area contributed by atoms with Crippen molar-refractivity contribution in [3.05, 3.63) is 163 Å². The van der Waals surface area contributed by atoms with E-state index in [1.807, 2.05) is 6.92 Å². The summed E-state index contributed by atoms with van der Waals surface area (Å²) in [5, 5.41) is 12.1. The molecule has 0 radical (unpaired) electrons. The largest absolute Gasteiger partial charge is 0.455 e. The van der Waals surface area contributed by atoms with Gasteiger partial charge in [-0.25, -0.2) is 0 Å². The van der Waals surface area contributed by atoms with Gasteiger partial charge < -0.3 is 4.42 Å². The summed E-state index contributed by atoms with van der Waals surface area (Å²) in [4.78, 5) is 0. The molecule has 1 heteroatoms. The lowest BCUT2D eigenvalue weighted by atomic mass is 9.84. The first-order valence-corrected chi connectivity index (χ1v) is 16.3. The van der Waals surface area contributed by atoms with Crippen LogP contribution < -0.4 is 0 Å². The molecule has 0 bridgehead atoms. The summed E-state index contributed by atoms with van der Waals surface area (Å²) in [6, 6.07) is 50.8. The van der Waals surface area contributed by atoms with Crippen molar-refractivity contribution in [2.45, 2.75) is 13.8 Å². The van der Waals surface area contributed by atoms with Gasteiger partial charge in [-0.15, -0.1) is 0 Å². The average molecular weight is 601 g/mol. The zero-order valence-electron chi connectivity index (χ0n) is 26.4. The molecule has 1 heterocycles. The van der Waals surface area contributed by atoms with Crippen molar-refractivity contribution in [2.24, 2.45) is 0 Å². The summed E-state index contributed by atoms with van der Waals surface area (Å²) >= 11 is 0. The Bertz CT molecular complexity index is 2680. The van der Waals surface area contributed by atoms with Gasteiger partial charge in [0.1, 0.15) is 11.2 Å². The lowest BCUT2D eigenvalue weighted by Gasteiger charge is -2.18. The van der Waals surface area contributed by atoms with E-state index < -0.39 is 0 Å². The Morgan fingerprint density at radius 1 is 0.532 bits per heavy atom. The van der Waals surface area contributed by atoms with E-state index in [2.05, 4.69) is 165 Å². The number of hydrogen-bond acceptors (Lipinski definition) is 1. The Balaban J connectivity index is 1.40. The number of fused-ring (bicyclic) bond motifs is 9. The molecule has 0 unspecified atom stereocenters. The van der Waals surface area contributed by atoms with Crippen LogP contribution in [0.4, 0.5) is 0 Å². The van der Waals surface area contributed by atoms with Gasteiger partial charge in [0.05, 0.1) is 0 Å². The van der Waals surface area contributed by atoms with Crippen LogP contribution in [0.25, 0.3) is 92.9 Å². The third-order valence-electron chi connectivity index (χ3n) is 9.72. The maximum atomic E-state index is 6.92. The van der Waals surface area contributed by atoms with Gasteiger partial charge in [0.2, 0.25) is 0 Å². The molecule has 0 aliphatic heterocycles. The number of furan rings is 1. The van der Waals surface area contributed by atoms with E-state index in [1.54, 1.807) is 0 Å². The quantitative estimate of drug-likeness (QED) is 0.145. The summed E-state index contributed by atoms with van der Waals surface area (Å²) in [5.74, 6) is 0. The van der Waals surface area contributed by atoms with Gasteiger partial charge in [-0.2, -0.15) is 0 Å². The van der Waals surface area contributed by atoms with Crippen LogP contribution in [-0.4, -0.2) is 0 Å². The molecule has 8 aromatic carbocycles. The van der Waals surface area contributed by atoms with Crippen molar-refractivity contribution in [3.8, 4) is 22.3 Å². The molecule has 0 atom stereocenters. The summed E-state index contributed by atoms with van der Waals surface area (Å²) < 4.78 is 6.92. The van der Waals surface area contributed by atoms with E-state index in [0.29, 0.717) is 0 Å². The predicted octanol–water partition coefficient (Wildman–Crippen LogP) is 13.5. The summed E-state index contributed by atoms with van der Waals surface area (Å²) in [5.41, 5.74) is 9.14. The molecule has 1 aromatic heterocycles. The van der Waals surface area contributed by atoms with Crippen molar-refractivity contribution in [3.63, 3.8) is 0 Å². The molecule has 0 N–H and O–H groups in total. The third-order valence-corrected chi connectivity index (χ3v) is 9.72. The zero-order valence-corrected chi connectivity index (χ0v) is 26.4. The summed E-state index contributed by atoms with van der Waals surface area (Å²) in [7, 11) is 0. The fraction of sp³-hybridized carbons (Fsp3) is 0.0435. The SMILES string of the molecule is C/C=C\C=C(/C)c1ccc(-c2c3ccccc3c(-c3cc4ccccc4c4c3oc3ccc5ccccc5c34)c3ccccc23)cc1. The normalized spacial score (nSPS) is 12.5. The van der Waals surface area contributed by atoms with Gasteiger partial charge in [-0.05, 0) is 91.3 Å². The van der Waals surface area contributed by atoms with Crippen molar-refractivity contribution in [1.82, 2.24) is 0 Å². The Morgan fingerprint density at radius 2 is 1.09 bits per heavy atom. The van der Waals surface area contributed by atoms with Gasteiger partial charge in [-0.3, -0.25) is 0 Å². The molecule has 0 aliphatic carbocycles. The maximum absolute atomic E-state index is 6.92. The molecule has 0 aliphatic rings. The molecule has 47 heavy (non-hydrogen) atoms. The van der Waals surface area contributed by atoms with Crippen LogP contribution in [0.5, 0.6) is 0 Å². The highest BCUT2D eigenvalue weighted by Crippen LogP contribution is 2.49. The fourth-order valence-corrected chi connectivity index (χ4v) is 7.54. The molecule has 0 spiro atoms. The van der Waals surface area contributed by atoms with Gasteiger partial charge >= 0.3 is 0 Å². The maximum Gasteiger partial charge on any atom is 0.143 e. The van der Waals surface area contributed by atoms with Gasteiger partial charge in [0.15, 0.2) is 0 Å². The van der Waals surface area contributed by atoms with Gasteiger partial charge in [0.25, 0.3) is 0 Å². The van der Waals surface area contributed by atoms with Crippen molar-refractivity contribution in [1.29, 1.82) is 0 Å². The molecule has 222 valence electrons. The van der Waals surface area contributed by atoms with Crippen molar-refractivity contribution >= 4 is 70.6 Å². The lowest BCUT2D eigenvalue weighted by Crippen LogP contribution is -1.92. The minimum Gasteiger partial charge on any atom is -0.455 e. The molecule has 9 aromatic rings. The highest BCUT2D eigenvalue weighted by atomic mass is 16.3. The topological polar surface area (TPSA) is 13.1 Å². The summed E-state index contributed by atoms with van der Waals surface area (Å²) in [6.45, 7) is 4.21. The molecule has 0 fully saturated rings. The number of rotatable bonds is 4. The van der Waals surface area contributed by atoms with Gasteiger partial charge in [-0.1, -0.05) is 146 Å². The van der Waals surface area contributed by atoms with Crippen LogP contribution in [0, 0.1) is 0 Å². The van der Waals surface area contributed by atoms with Crippen LogP contribution in [0.1, 0.15) is 19.4 Å². The fourth-order valence-electron chi connectivity index (χ4n) is 7.54. The minimum absolute atomic E-state index is 0.917. The van der Waals surface area contributed by atoms with E-state index in [1.165, 1.54) is 81.7 Å². The Kier molecular flexibility index (Phi) is 6.33. The number of hydrogen-bond donors (Lipinski definition) is 0. The highest BCUT2D eigenvalue weighted by molar-refractivity contribution is 6.31. The van der Waals surface area contributed by atoms with Crippen LogP contribution in [0.2, 0.25) is 0 Å². The lowest BCUT2D eigenvalue weighted by molar-refractivity contribution is 0.670. The van der Waals surface area contributed by atoms with Crippen molar-refractivity contribution in [2.75, 3.05) is 0 Å². The Labute approximate surface area is 273 Å². The molecule has 0 saturated heterocycles. The van der Waals surface area contributed by atoms with Crippen LogP contribution in [0.15, 0.2) is 162 Å². The second-order valence-corrected chi connectivity index (χ2v) is 12.4. The number of benzene rings is 8. The number of allylic oxidation sites excluding steroid dienone is 4. The van der Waals surface area contributed by atoms with E-state index >= 15 is 0 Å². The van der Waals surface area contributed by atoms with E-state index in [9.17, 15) is 0 Å². The van der Waals surface area contributed by atoms with Gasteiger partial charge in [0, 0.05) is 21.9 Å². The highest BCUT2D eigenvalue weighted by Gasteiger charge is 2.22. The second kappa shape index (κ2) is 10.9. The zero-order chi connectivity index (χ0) is 31.5. The van der Waals surface area contributed by atoms with Crippen LogP contribution in [-0.2, 0) is 0 Å². The molecule has 0 amide bonds. The molecule has 0 saturated carbocycles. The van der Waals surface area contributed by atoms with E-state index in [-0.39, 0.29) is 0 Å². The molecule has 1 nitrogen and oxygen atoms in total. The van der Waals surface area contributed by atoms with E-state index in [4.69, 9.17) is 4.42 Å².